The summed E-state index contributed by atoms with van der Waals surface area (Å²) in [5.41, 5.74) is 3.48. The van der Waals surface area contributed by atoms with Crippen LogP contribution in [0.4, 0.5) is 5.95 Å². The molecule has 1 aromatic heterocycles. The molecule has 0 unspecified atom stereocenters. The molecule has 0 aliphatic rings. The fourth-order valence-corrected chi connectivity index (χ4v) is 1.59. The van der Waals surface area contributed by atoms with Gasteiger partial charge < -0.3 is 14.2 Å². The second kappa shape index (κ2) is 7.36. The lowest BCUT2D eigenvalue weighted by Crippen LogP contribution is -2.12. The van der Waals surface area contributed by atoms with E-state index in [0.29, 0.717) is 12.4 Å². The number of nitrogens with zero attached hydrogens (tertiary/aromatic N) is 3. The maximum Gasteiger partial charge on any atom is 0.330 e. The Bertz CT molecular complexity index is 554. The highest BCUT2D eigenvalue weighted by atomic mass is 16.5. The van der Waals surface area contributed by atoms with Gasteiger partial charge in [0, 0.05) is 7.11 Å². The Kier molecular flexibility index (Phi) is 5.24. The van der Waals surface area contributed by atoms with Crippen LogP contribution in [0.1, 0.15) is 5.56 Å². The zero-order valence-electron chi connectivity index (χ0n) is 11.9. The molecule has 0 spiro atoms. The van der Waals surface area contributed by atoms with Gasteiger partial charge in [0.25, 0.3) is 0 Å². The molecule has 2 aromatic rings. The maximum absolute atomic E-state index is 5.55. The van der Waals surface area contributed by atoms with Crippen LogP contribution in [-0.4, -0.2) is 35.8 Å². The molecule has 1 heterocycles. The zero-order valence-corrected chi connectivity index (χ0v) is 11.9. The molecule has 0 amide bonds. The molecule has 1 aromatic carbocycles. The van der Waals surface area contributed by atoms with E-state index in [0.717, 1.165) is 12.0 Å². The minimum absolute atomic E-state index is 0.0967. The van der Waals surface area contributed by atoms with Crippen LogP contribution in [0.2, 0.25) is 0 Å². The van der Waals surface area contributed by atoms with Gasteiger partial charge in [-0.05, 0) is 24.1 Å². The van der Waals surface area contributed by atoms with Crippen molar-refractivity contribution in [2.24, 2.45) is 5.84 Å². The Balaban J connectivity index is 2.10. The number of anilines is 1. The van der Waals surface area contributed by atoms with Crippen LogP contribution in [0.3, 0.4) is 0 Å². The molecule has 8 nitrogen and oxygen atoms in total. The minimum Gasteiger partial charge on any atom is -0.467 e. The summed E-state index contributed by atoms with van der Waals surface area (Å²) in [6.45, 7) is 0.677. The molecule has 0 saturated heterocycles. The van der Waals surface area contributed by atoms with Crippen LogP contribution >= 0.6 is 0 Å². The SMILES string of the molecule is COCCc1ccc(Oc2nc(NN)nc(OC)n2)cc1. The fraction of sp³-hybridized carbons (Fsp3) is 0.308. The smallest absolute Gasteiger partial charge is 0.330 e. The van der Waals surface area contributed by atoms with E-state index in [1.165, 1.54) is 7.11 Å². The summed E-state index contributed by atoms with van der Waals surface area (Å²) in [5.74, 6) is 6.04. The molecule has 112 valence electrons. The van der Waals surface area contributed by atoms with E-state index < -0.39 is 0 Å². The Morgan fingerprint density at radius 1 is 1.05 bits per heavy atom. The van der Waals surface area contributed by atoms with Gasteiger partial charge >= 0.3 is 12.0 Å². The van der Waals surface area contributed by atoms with E-state index in [9.17, 15) is 0 Å². The Hall–Kier alpha value is -2.45. The van der Waals surface area contributed by atoms with Crippen molar-refractivity contribution in [2.45, 2.75) is 6.42 Å². The first-order chi connectivity index (χ1) is 10.2. The summed E-state index contributed by atoms with van der Waals surface area (Å²) in [7, 11) is 3.12. The molecule has 0 aliphatic carbocycles. The van der Waals surface area contributed by atoms with Gasteiger partial charge in [0.1, 0.15) is 5.75 Å². The summed E-state index contributed by atoms with van der Waals surface area (Å²) in [6, 6.07) is 7.78. The van der Waals surface area contributed by atoms with E-state index in [-0.39, 0.29) is 18.0 Å². The Labute approximate surface area is 122 Å². The number of nitrogens with one attached hydrogen (secondary N) is 1. The highest BCUT2D eigenvalue weighted by molar-refractivity contribution is 5.31. The highest BCUT2D eigenvalue weighted by Gasteiger charge is 2.08. The molecule has 0 saturated carbocycles. The van der Waals surface area contributed by atoms with Gasteiger partial charge in [-0.25, -0.2) is 5.84 Å². The number of rotatable bonds is 7. The van der Waals surface area contributed by atoms with E-state index in [1.54, 1.807) is 7.11 Å². The first kappa shape index (κ1) is 14.9. The van der Waals surface area contributed by atoms with Crippen molar-refractivity contribution in [3.05, 3.63) is 29.8 Å². The van der Waals surface area contributed by atoms with Crippen molar-refractivity contribution in [3.63, 3.8) is 0 Å². The van der Waals surface area contributed by atoms with Gasteiger partial charge in [-0.1, -0.05) is 12.1 Å². The molecule has 0 atom stereocenters. The molecule has 3 N–H and O–H groups in total. The number of ether oxygens (including phenoxy) is 3. The molecule has 0 fully saturated rings. The lowest BCUT2D eigenvalue weighted by atomic mass is 10.1. The molecular weight excluding hydrogens is 274 g/mol. The molecule has 8 heteroatoms. The predicted molar refractivity (Wildman–Crippen MR) is 76.3 cm³/mol. The lowest BCUT2D eigenvalue weighted by molar-refractivity contribution is 0.202. The minimum atomic E-state index is 0.0967. The van der Waals surface area contributed by atoms with Crippen molar-refractivity contribution in [1.29, 1.82) is 0 Å². The second-order valence-electron chi connectivity index (χ2n) is 4.06. The first-order valence-electron chi connectivity index (χ1n) is 6.27. The van der Waals surface area contributed by atoms with Gasteiger partial charge in [-0.15, -0.1) is 4.98 Å². The van der Waals surface area contributed by atoms with Gasteiger partial charge in [-0.2, -0.15) is 9.97 Å². The largest absolute Gasteiger partial charge is 0.467 e. The van der Waals surface area contributed by atoms with Gasteiger partial charge in [0.05, 0.1) is 13.7 Å². The summed E-state index contributed by atoms with van der Waals surface area (Å²) in [6.07, 6.45) is 0.845. The van der Waals surface area contributed by atoms with Gasteiger partial charge in [0.2, 0.25) is 5.95 Å². The third kappa shape index (κ3) is 4.26. The zero-order chi connectivity index (χ0) is 15.1. The van der Waals surface area contributed by atoms with Crippen molar-refractivity contribution in [2.75, 3.05) is 26.3 Å². The van der Waals surface area contributed by atoms with Crippen LogP contribution < -0.4 is 20.7 Å². The number of nitrogen functional groups attached to an aromatic ring is 1. The van der Waals surface area contributed by atoms with Crippen molar-refractivity contribution < 1.29 is 14.2 Å². The quantitative estimate of drug-likeness (QED) is 0.578. The molecular formula is C13H17N5O3. The Morgan fingerprint density at radius 3 is 2.38 bits per heavy atom. The van der Waals surface area contributed by atoms with Crippen molar-refractivity contribution >= 4 is 5.95 Å². The normalized spacial score (nSPS) is 10.2. The monoisotopic (exact) mass is 291 g/mol. The molecule has 0 radical (unpaired) electrons. The summed E-state index contributed by atoms with van der Waals surface area (Å²) < 4.78 is 15.5. The Morgan fingerprint density at radius 2 is 1.76 bits per heavy atom. The molecule has 2 rings (SSSR count). The van der Waals surface area contributed by atoms with Crippen LogP contribution in [0.25, 0.3) is 0 Å². The molecule has 0 bridgehead atoms. The van der Waals surface area contributed by atoms with E-state index in [4.69, 9.17) is 20.1 Å². The lowest BCUT2D eigenvalue weighted by Gasteiger charge is -2.07. The summed E-state index contributed by atoms with van der Waals surface area (Å²) in [4.78, 5) is 11.9. The topological polar surface area (TPSA) is 104 Å². The number of aromatic nitrogens is 3. The van der Waals surface area contributed by atoms with Crippen LogP contribution in [0.5, 0.6) is 17.8 Å². The van der Waals surface area contributed by atoms with E-state index >= 15 is 0 Å². The number of hydrazine groups is 1. The number of methoxy groups -OCH3 is 2. The second-order valence-corrected chi connectivity index (χ2v) is 4.06. The number of nitrogens with two attached hydrogens (primary N) is 1. The van der Waals surface area contributed by atoms with Crippen LogP contribution in [0, 0.1) is 0 Å². The standard InChI is InChI=1S/C13H17N5O3/c1-19-8-7-9-3-5-10(6-4-9)21-13-16-11(18-14)15-12(17-13)20-2/h3-6H,7-8,14H2,1-2H3,(H,15,16,17,18). The number of hydrogen-bond donors (Lipinski definition) is 2. The summed E-state index contributed by atoms with van der Waals surface area (Å²) >= 11 is 0. The molecule has 21 heavy (non-hydrogen) atoms. The predicted octanol–water partition coefficient (Wildman–Crippen LogP) is 1.15. The first-order valence-corrected chi connectivity index (χ1v) is 6.27. The average molecular weight is 291 g/mol. The summed E-state index contributed by atoms with van der Waals surface area (Å²) in [5, 5.41) is 0. The van der Waals surface area contributed by atoms with E-state index in [1.807, 2.05) is 24.3 Å². The van der Waals surface area contributed by atoms with E-state index in [2.05, 4.69) is 20.4 Å². The van der Waals surface area contributed by atoms with Crippen LogP contribution in [-0.2, 0) is 11.2 Å². The van der Waals surface area contributed by atoms with Gasteiger partial charge in [0.15, 0.2) is 0 Å². The number of hydrogen-bond acceptors (Lipinski definition) is 8. The third-order valence-corrected chi connectivity index (χ3v) is 2.63. The number of benzene rings is 1. The third-order valence-electron chi connectivity index (χ3n) is 2.63. The fourth-order valence-electron chi connectivity index (χ4n) is 1.59. The van der Waals surface area contributed by atoms with Crippen LogP contribution in [0.15, 0.2) is 24.3 Å². The van der Waals surface area contributed by atoms with Gasteiger partial charge in [-0.3, -0.25) is 5.43 Å². The highest BCUT2D eigenvalue weighted by Crippen LogP contribution is 2.20. The maximum atomic E-state index is 5.55. The average Bonchev–Trinajstić information content (AvgIpc) is 2.53. The van der Waals surface area contributed by atoms with Crippen molar-refractivity contribution in [3.8, 4) is 17.8 Å². The molecule has 0 aliphatic heterocycles. The van der Waals surface area contributed by atoms with Crippen molar-refractivity contribution in [1.82, 2.24) is 15.0 Å².